The van der Waals surface area contributed by atoms with E-state index in [2.05, 4.69) is 39.0 Å². The van der Waals surface area contributed by atoms with Crippen LogP contribution < -0.4 is 0 Å². The fourth-order valence-corrected chi connectivity index (χ4v) is 17.3. The lowest BCUT2D eigenvalue weighted by atomic mass is 10.6. The molecule has 1 saturated heterocycles. The first-order valence-electron chi connectivity index (χ1n) is 6.84. The zero-order chi connectivity index (χ0) is 11.5. The van der Waals surface area contributed by atoms with Crippen LogP contribution >= 0.6 is 0 Å². The van der Waals surface area contributed by atoms with Gasteiger partial charge in [-0.15, -0.1) is 0 Å². The minimum Gasteiger partial charge on any atom is -0.348 e. The van der Waals surface area contributed by atoms with Crippen LogP contribution in [0.4, 0.5) is 0 Å². The van der Waals surface area contributed by atoms with Crippen molar-refractivity contribution in [2.24, 2.45) is 0 Å². The van der Waals surface area contributed by atoms with Gasteiger partial charge in [0.25, 0.3) is 0 Å². The lowest BCUT2D eigenvalue weighted by Crippen LogP contribution is -2.66. The van der Waals surface area contributed by atoms with Crippen molar-refractivity contribution in [2.45, 2.75) is 70.4 Å². The quantitative estimate of drug-likeness (QED) is 0.666. The van der Waals surface area contributed by atoms with Gasteiger partial charge >= 0.3 is 0 Å². The molecule has 0 bridgehead atoms. The van der Waals surface area contributed by atoms with Gasteiger partial charge in [0.05, 0.1) is 0 Å². The van der Waals surface area contributed by atoms with Gasteiger partial charge < -0.3 is 4.23 Å². The molecule has 0 amide bonds. The van der Waals surface area contributed by atoms with Crippen LogP contribution in [-0.2, 0) is 0 Å². The number of hydrogen-bond donors (Lipinski definition) is 0. The molecule has 0 aromatic carbocycles. The van der Waals surface area contributed by atoms with Gasteiger partial charge in [-0.2, -0.15) is 0 Å². The molecule has 1 aliphatic heterocycles. The molecule has 1 rings (SSSR count). The first-order chi connectivity index (χ1) is 7.10. The van der Waals surface area contributed by atoms with Crippen molar-refractivity contribution in [1.29, 1.82) is 0 Å². The monoisotopic (exact) mass is 243 g/mol. The lowest BCUT2D eigenvalue weighted by molar-refractivity contribution is 0.643. The van der Waals surface area contributed by atoms with E-state index in [0.717, 1.165) is 0 Å². The highest BCUT2D eigenvalue weighted by Gasteiger charge is 2.48. The first-order valence-corrected chi connectivity index (χ1v) is 12.0. The number of hydrogen-bond acceptors (Lipinski definition) is 1. The summed E-state index contributed by atoms with van der Waals surface area (Å²) in [5.74, 6) is 0. The molecule has 1 heterocycles. The fraction of sp³-hybridized carbons (Fsp3) is 1.00. The van der Waals surface area contributed by atoms with Crippen LogP contribution in [0.15, 0.2) is 0 Å². The second-order valence-electron chi connectivity index (χ2n) is 5.28. The first kappa shape index (κ1) is 13.5. The van der Waals surface area contributed by atoms with Crippen molar-refractivity contribution in [1.82, 2.24) is 4.23 Å². The van der Waals surface area contributed by atoms with E-state index in [9.17, 15) is 0 Å². The van der Waals surface area contributed by atoms with Crippen molar-refractivity contribution in [2.75, 3.05) is 7.05 Å². The van der Waals surface area contributed by atoms with Gasteiger partial charge in [-0.3, -0.25) is 0 Å². The van der Waals surface area contributed by atoms with Crippen molar-refractivity contribution in [3.8, 4) is 0 Å². The number of rotatable bonds is 4. The summed E-state index contributed by atoms with van der Waals surface area (Å²) < 4.78 is 3.02. The molecule has 0 atom stereocenters. The Morgan fingerprint density at radius 2 is 1.13 bits per heavy atom. The van der Waals surface area contributed by atoms with Crippen LogP contribution in [0.2, 0.25) is 36.3 Å². The Hall–Kier alpha value is 0.394. The smallest absolute Gasteiger partial charge is 0.121 e. The van der Waals surface area contributed by atoms with Crippen molar-refractivity contribution in [3.63, 3.8) is 0 Å². The normalized spacial score (nSPS) is 25.4. The van der Waals surface area contributed by atoms with Gasteiger partial charge in [-0.1, -0.05) is 34.1 Å². The van der Waals surface area contributed by atoms with Gasteiger partial charge in [0, 0.05) is 0 Å². The van der Waals surface area contributed by atoms with E-state index in [-0.39, 0.29) is 0 Å². The van der Waals surface area contributed by atoms with Crippen molar-refractivity contribution >= 4 is 16.5 Å². The summed E-state index contributed by atoms with van der Waals surface area (Å²) in [5.41, 5.74) is 0. The molecule has 0 radical (unpaired) electrons. The molecular weight excluding hydrogens is 214 g/mol. The van der Waals surface area contributed by atoms with Gasteiger partial charge in [0.2, 0.25) is 0 Å². The highest BCUT2D eigenvalue weighted by molar-refractivity contribution is 6.93. The standard InChI is InChI=1S/C12H29NSi2/c1-6-14(7-2)11-10-12-15(8-3,9-4)13(14)5/h6-12H2,1-5H3. The molecule has 0 aliphatic carbocycles. The second-order valence-corrected chi connectivity index (χ2v) is 15.8. The van der Waals surface area contributed by atoms with Gasteiger partial charge in [0.1, 0.15) is 16.5 Å². The topological polar surface area (TPSA) is 3.24 Å². The van der Waals surface area contributed by atoms with Gasteiger partial charge in [-0.05, 0) is 43.3 Å². The number of nitrogens with zero attached hydrogens (tertiary/aromatic N) is 1. The second kappa shape index (κ2) is 5.15. The summed E-state index contributed by atoms with van der Waals surface area (Å²) in [4.78, 5) is 0. The van der Waals surface area contributed by atoms with E-state index < -0.39 is 16.5 Å². The Morgan fingerprint density at radius 1 is 0.800 bits per heavy atom. The molecule has 3 heteroatoms. The van der Waals surface area contributed by atoms with E-state index in [1.54, 1.807) is 18.5 Å². The molecule has 1 fully saturated rings. The summed E-state index contributed by atoms with van der Waals surface area (Å²) in [6.07, 6.45) is 1.55. The highest BCUT2D eigenvalue weighted by Crippen LogP contribution is 2.41. The highest BCUT2D eigenvalue weighted by atomic mass is 28.4. The lowest BCUT2D eigenvalue weighted by Gasteiger charge is -2.54. The zero-order valence-corrected chi connectivity index (χ0v) is 13.4. The molecule has 1 aliphatic rings. The molecule has 1 nitrogen and oxygen atoms in total. The molecular formula is C12H29NSi2. The third-order valence-corrected chi connectivity index (χ3v) is 18.9. The van der Waals surface area contributed by atoms with Gasteiger partial charge in [-0.25, -0.2) is 0 Å². The van der Waals surface area contributed by atoms with Crippen molar-refractivity contribution < 1.29 is 0 Å². The van der Waals surface area contributed by atoms with Crippen LogP contribution in [0.1, 0.15) is 34.1 Å². The van der Waals surface area contributed by atoms with E-state index in [4.69, 9.17) is 0 Å². The molecule has 0 spiro atoms. The van der Waals surface area contributed by atoms with Crippen molar-refractivity contribution in [3.05, 3.63) is 0 Å². The third kappa shape index (κ3) is 2.11. The maximum atomic E-state index is 3.02. The Labute approximate surface area is 98.4 Å². The molecule has 0 unspecified atom stereocenters. The molecule has 90 valence electrons. The van der Waals surface area contributed by atoms with Crippen LogP contribution in [0.3, 0.4) is 0 Å². The zero-order valence-electron chi connectivity index (χ0n) is 11.4. The van der Waals surface area contributed by atoms with E-state index in [0.29, 0.717) is 0 Å². The fourth-order valence-electron chi connectivity index (χ4n) is 3.74. The van der Waals surface area contributed by atoms with Crippen LogP contribution in [0.25, 0.3) is 0 Å². The summed E-state index contributed by atoms with van der Waals surface area (Å²) in [6.45, 7) is 9.79. The largest absolute Gasteiger partial charge is 0.348 e. The maximum Gasteiger partial charge on any atom is 0.121 e. The molecule has 0 N–H and O–H groups in total. The maximum absolute atomic E-state index is 3.02. The summed E-state index contributed by atoms with van der Waals surface area (Å²) in [6, 6.07) is 9.07. The third-order valence-electron chi connectivity index (χ3n) is 5.34. The Balaban J connectivity index is 2.95. The SMILES string of the molecule is CC[Si]1(CC)CCC[Si](CC)(CC)N1C. The molecule has 15 heavy (non-hydrogen) atoms. The minimum atomic E-state index is -1.02. The summed E-state index contributed by atoms with van der Waals surface area (Å²) in [5, 5.41) is 0. The summed E-state index contributed by atoms with van der Waals surface area (Å²) in [7, 11) is 0.465. The molecule has 0 saturated carbocycles. The Morgan fingerprint density at radius 3 is 1.40 bits per heavy atom. The van der Waals surface area contributed by atoms with E-state index >= 15 is 0 Å². The van der Waals surface area contributed by atoms with Crippen LogP contribution in [-0.4, -0.2) is 27.7 Å². The predicted molar refractivity (Wildman–Crippen MR) is 75.4 cm³/mol. The van der Waals surface area contributed by atoms with E-state index in [1.807, 2.05) is 0 Å². The minimum absolute atomic E-state index is 1.02. The van der Waals surface area contributed by atoms with E-state index in [1.165, 1.54) is 24.2 Å². The van der Waals surface area contributed by atoms with Gasteiger partial charge in [0.15, 0.2) is 0 Å². The summed E-state index contributed by atoms with van der Waals surface area (Å²) >= 11 is 0. The Kier molecular flexibility index (Phi) is 4.62. The average Bonchev–Trinajstić information content (AvgIpc) is 2.30. The van der Waals surface area contributed by atoms with Crippen LogP contribution in [0.5, 0.6) is 0 Å². The van der Waals surface area contributed by atoms with Crippen LogP contribution in [0, 0.1) is 0 Å². The molecule has 0 aromatic rings. The predicted octanol–water partition coefficient (Wildman–Crippen LogP) is 4.29. The molecule has 0 aromatic heterocycles. The Bertz CT molecular complexity index is 178. The average molecular weight is 244 g/mol.